The van der Waals surface area contributed by atoms with E-state index in [1.54, 1.807) is 28.4 Å². The van der Waals surface area contributed by atoms with Crippen molar-refractivity contribution in [2.75, 3.05) is 69.2 Å². The number of pyridine rings is 2. The molecule has 0 amide bonds. The fourth-order valence-corrected chi connectivity index (χ4v) is 11.5. The molecule has 0 N–H and O–H groups in total. The topological polar surface area (TPSA) is 139 Å². The van der Waals surface area contributed by atoms with Crippen LogP contribution in [0.5, 0.6) is 69.0 Å². The van der Waals surface area contributed by atoms with E-state index < -0.39 is 0 Å². The lowest BCUT2D eigenvalue weighted by atomic mass is 9.92. The third-order valence-corrected chi connectivity index (χ3v) is 15.2. The van der Waals surface area contributed by atoms with Crippen LogP contribution in [0.25, 0.3) is 64.9 Å². The van der Waals surface area contributed by atoms with Gasteiger partial charge in [-0.05, 0) is 114 Å². The number of methoxy groups -OCH3 is 4. The van der Waals surface area contributed by atoms with Gasteiger partial charge < -0.3 is 61.7 Å². The van der Waals surface area contributed by atoms with Crippen LogP contribution in [-0.2, 0) is 33.5 Å². The second-order valence-corrected chi connectivity index (χ2v) is 19.7. The lowest BCUT2D eigenvalue weighted by molar-refractivity contribution is -0.642. The Bertz CT molecular complexity index is 4140. The molecule has 16 heteroatoms. The van der Waals surface area contributed by atoms with Crippen LogP contribution in [0, 0.1) is 0 Å². The van der Waals surface area contributed by atoms with Crippen molar-refractivity contribution in [1.82, 2.24) is 4.90 Å². The van der Waals surface area contributed by atoms with E-state index in [0.717, 1.165) is 135 Å². The molecular formula is C62H55N3O13+2. The molecule has 0 fully saturated rings. The van der Waals surface area contributed by atoms with Crippen LogP contribution < -0.4 is 66.0 Å². The zero-order chi connectivity index (χ0) is 53.3. The molecule has 10 aromatic rings. The first-order valence-corrected chi connectivity index (χ1v) is 25.5. The summed E-state index contributed by atoms with van der Waals surface area (Å²) >= 11 is 0. The second-order valence-electron chi connectivity index (χ2n) is 19.7. The van der Waals surface area contributed by atoms with E-state index in [1.807, 2.05) is 55.6 Å². The number of nitrogens with zero attached hydrogens (tertiary/aromatic N) is 3. The van der Waals surface area contributed by atoms with Gasteiger partial charge in [0.05, 0.1) is 60.8 Å². The summed E-state index contributed by atoms with van der Waals surface area (Å²) in [6, 6.07) is 32.5. The van der Waals surface area contributed by atoms with Crippen molar-refractivity contribution in [2.24, 2.45) is 14.1 Å². The highest BCUT2D eigenvalue weighted by Crippen LogP contribution is 2.45. The number of carbonyl (C=O) groups is 1. The number of benzene rings is 8. The first-order chi connectivity index (χ1) is 38.1. The van der Waals surface area contributed by atoms with Crippen LogP contribution in [0.15, 0.2) is 109 Å². The Kier molecular flexibility index (Phi) is 12.1. The molecule has 78 heavy (non-hydrogen) atoms. The van der Waals surface area contributed by atoms with E-state index in [9.17, 15) is 4.79 Å². The number of Topliss-reactive ketones (excluding diaryl/α,β-unsaturated/α-hetero) is 1. The molecule has 0 saturated carbocycles. The quantitative estimate of drug-likeness (QED) is 0.122. The standard InChI is InChI=1S/C21H23NO5.C21H18NO4.C20H14NO4/c1-22-7-6-14-9-19-20(27-12-26-19)10-15(14)17(23)8-13-4-5-18(24-2)21(25-3)16(13)11-22;1-22-10-16-13(6-7-17(23-2)21(16)24-3)14-5-4-12-8-18-19(26-11-25-18)9-15(12)20(14)22;1-21-8-15-12(4-5-16-20(15)25-10-22-16)13-3-2-11-6-17-18(24-9-23-17)7-14(11)19(13)21/h4-5,9-10H,6-8,11-12H2,1-3H3;4-10H,11H2,1-3H3;2-8H,9-10H2,1H3/q;2*+1. The van der Waals surface area contributed by atoms with E-state index in [0.29, 0.717) is 41.5 Å². The van der Waals surface area contributed by atoms with Crippen molar-refractivity contribution in [3.63, 3.8) is 0 Å². The highest BCUT2D eigenvalue weighted by molar-refractivity contribution is 6.16. The van der Waals surface area contributed by atoms with Gasteiger partial charge >= 0.3 is 0 Å². The molecule has 0 saturated heterocycles. The third-order valence-electron chi connectivity index (χ3n) is 15.2. The van der Waals surface area contributed by atoms with Crippen molar-refractivity contribution in [3.05, 3.63) is 132 Å². The Morgan fingerprint density at radius 2 is 0.962 bits per heavy atom. The van der Waals surface area contributed by atoms with Gasteiger partial charge in [-0.15, -0.1) is 0 Å². The summed E-state index contributed by atoms with van der Waals surface area (Å²) in [6.45, 7) is 2.52. The molecule has 15 rings (SSSR count). The van der Waals surface area contributed by atoms with Crippen LogP contribution >= 0.6 is 0 Å². The number of aromatic nitrogens is 2. The Balaban J connectivity index is 0.000000111. The van der Waals surface area contributed by atoms with Crippen molar-refractivity contribution in [1.29, 1.82) is 0 Å². The maximum Gasteiger partial charge on any atom is 0.231 e. The summed E-state index contributed by atoms with van der Waals surface area (Å²) in [5, 5.41) is 11.2. The third kappa shape index (κ3) is 8.13. The SMILES string of the molecule is COc1ccc2c(c1OC)CN(C)CCc1cc3c(cc1C(=O)C2)OCO3.COc1ccc2c(c[n+](C)c3c4cc5c(cc4ccc23)OCO5)c1OC.C[n+]1cc2c3c(ccc2c2ccc4cc5c(cc4c21)OCO5)OCO3. The number of hydrogen-bond donors (Lipinski definition) is 0. The fraction of sp³-hybridized carbons (Fsp3) is 0.242. The van der Waals surface area contributed by atoms with E-state index in [4.69, 9.17) is 56.8 Å². The first-order valence-electron chi connectivity index (χ1n) is 25.5. The molecule has 0 atom stereocenters. The van der Waals surface area contributed by atoms with Gasteiger partial charge in [-0.1, -0.05) is 18.2 Å². The van der Waals surface area contributed by atoms with Gasteiger partial charge in [-0.2, -0.15) is 9.13 Å². The van der Waals surface area contributed by atoms with Crippen LogP contribution in [0.4, 0.5) is 0 Å². The largest absolute Gasteiger partial charge is 0.493 e. The molecule has 5 aliphatic rings. The molecule has 0 aliphatic carbocycles. The van der Waals surface area contributed by atoms with Gasteiger partial charge in [-0.25, -0.2) is 0 Å². The zero-order valence-corrected chi connectivity index (χ0v) is 44.2. The minimum absolute atomic E-state index is 0.0707. The van der Waals surface area contributed by atoms with Gasteiger partial charge in [-0.3, -0.25) is 4.79 Å². The molecule has 0 bridgehead atoms. The van der Waals surface area contributed by atoms with Crippen molar-refractivity contribution in [3.8, 4) is 69.0 Å². The number of ether oxygens (including phenoxy) is 12. The van der Waals surface area contributed by atoms with E-state index in [2.05, 4.69) is 89.1 Å². The number of fused-ring (bicyclic) bond motifs is 17. The molecule has 2 aromatic heterocycles. The van der Waals surface area contributed by atoms with Crippen molar-refractivity contribution in [2.45, 2.75) is 19.4 Å². The highest BCUT2D eigenvalue weighted by Gasteiger charge is 2.28. The number of hydrogen-bond acceptors (Lipinski definition) is 14. The van der Waals surface area contributed by atoms with Crippen molar-refractivity contribution >= 4 is 70.7 Å². The molecule has 0 spiro atoms. The lowest BCUT2D eigenvalue weighted by Crippen LogP contribution is -2.28. The predicted molar refractivity (Wildman–Crippen MR) is 292 cm³/mol. The summed E-state index contributed by atoms with van der Waals surface area (Å²) in [5.74, 6) is 9.08. The van der Waals surface area contributed by atoms with E-state index in [-0.39, 0.29) is 33.0 Å². The first kappa shape index (κ1) is 48.5. The Morgan fingerprint density at radius 3 is 1.58 bits per heavy atom. The van der Waals surface area contributed by atoms with Gasteiger partial charge in [0.25, 0.3) is 0 Å². The van der Waals surface area contributed by atoms with E-state index in [1.165, 1.54) is 5.39 Å². The summed E-state index contributed by atoms with van der Waals surface area (Å²) in [6.07, 6.45) is 5.25. The molecule has 394 valence electrons. The van der Waals surface area contributed by atoms with Gasteiger partial charge in [0.2, 0.25) is 38.2 Å². The zero-order valence-electron chi connectivity index (χ0n) is 44.2. The second kappa shape index (κ2) is 19.5. The number of aryl methyl sites for hydroxylation is 2. The monoisotopic (exact) mass is 1050 g/mol. The van der Waals surface area contributed by atoms with Gasteiger partial charge in [0, 0.05) is 41.4 Å². The number of likely N-dealkylation sites (N-methyl/N-ethyl adjacent to an activating group) is 1. The van der Waals surface area contributed by atoms with Crippen LogP contribution in [0.3, 0.4) is 0 Å². The van der Waals surface area contributed by atoms with Gasteiger partial charge in [0.1, 0.15) is 14.1 Å². The molecule has 8 aromatic carbocycles. The summed E-state index contributed by atoms with van der Waals surface area (Å²) in [4.78, 5) is 15.4. The highest BCUT2D eigenvalue weighted by atomic mass is 16.7. The molecule has 5 aliphatic heterocycles. The van der Waals surface area contributed by atoms with E-state index >= 15 is 0 Å². The van der Waals surface area contributed by atoms with Crippen LogP contribution in [0.1, 0.15) is 27.0 Å². The Labute approximate surface area is 448 Å². The smallest absolute Gasteiger partial charge is 0.231 e. The number of ketones is 1. The number of carbonyl (C=O) groups excluding carboxylic acids is 1. The maximum absolute atomic E-state index is 13.1. The summed E-state index contributed by atoms with van der Waals surface area (Å²) < 4.78 is 70.8. The average Bonchev–Trinajstić information content (AvgIpc) is 4.37. The number of rotatable bonds is 4. The van der Waals surface area contributed by atoms with Crippen LogP contribution in [0.2, 0.25) is 0 Å². The minimum atomic E-state index is 0.0707. The molecule has 7 heterocycles. The Morgan fingerprint density at radius 1 is 0.462 bits per heavy atom. The molecule has 0 unspecified atom stereocenters. The van der Waals surface area contributed by atoms with Crippen LogP contribution in [-0.4, -0.2) is 79.9 Å². The maximum atomic E-state index is 13.1. The summed E-state index contributed by atoms with van der Waals surface area (Å²) in [5.41, 5.74) is 5.95. The lowest BCUT2D eigenvalue weighted by Gasteiger charge is -2.24. The minimum Gasteiger partial charge on any atom is -0.493 e. The fourth-order valence-electron chi connectivity index (χ4n) is 11.5. The molecule has 16 nitrogen and oxygen atoms in total. The van der Waals surface area contributed by atoms with Crippen molar-refractivity contribution < 1.29 is 70.8 Å². The predicted octanol–water partition coefficient (Wildman–Crippen LogP) is 9.99. The molecule has 0 radical (unpaired) electrons. The molecular weight excluding hydrogens is 995 g/mol. The normalized spacial score (nSPS) is 14.7. The average molecular weight is 1050 g/mol. The van der Waals surface area contributed by atoms with Gasteiger partial charge in [0.15, 0.2) is 87.2 Å². The summed E-state index contributed by atoms with van der Waals surface area (Å²) in [7, 11) is 12.8. The Hall–Kier alpha value is -9.15.